The molecule has 0 aromatic heterocycles. The Morgan fingerprint density at radius 3 is 2.15 bits per heavy atom. The molecule has 138 valence electrons. The molecule has 0 radical (unpaired) electrons. The van der Waals surface area contributed by atoms with Crippen molar-refractivity contribution in [2.24, 2.45) is 0 Å². The topological polar surface area (TPSA) is 35.5 Å². The van der Waals surface area contributed by atoms with Gasteiger partial charge in [-0.05, 0) is 36.4 Å². The zero-order valence-electron chi connectivity index (χ0n) is 12.8. The highest BCUT2D eigenvalue weighted by molar-refractivity contribution is 6.37. The van der Waals surface area contributed by atoms with Crippen molar-refractivity contribution in [3.63, 3.8) is 0 Å². The molecule has 2 aromatic carbocycles. The maximum absolute atomic E-state index is 12.5. The SMILES string of the molecule is O=C(/C=C/c1c(Cl)cccc1Cl)c1ccc(OC(F)F)cc1OC(F)F. The van der Waals surface area contributed by atoms with Crippen molar-refractivity contribution >= 4 is 35.1 Å². The molecule has 2 aromatic rings. The second kappa shape index (κ2) is 8.91. The number of ketones is 1. The molecule has 0 saturated heterocycles. The number of rotatable bonds is 7. The van der Waals surface area contributed by atoms with E-state index in [0.717, 1.165) is 24.3 Å². The Morgan fingerprint density at radius 2 is 1.58 bits per heavy atom. The average molecular weight is 409 g/mol. The summed E-state index contributed by atoms with van der Waals surface area (Å²) in [5, 5.41) is 0.567. The molecular formula is C17H10Cl2F4O3. The summed E-state index contributed by atoms with van der Waals surface area (Å²) in [6.45, 7) is -6.41. The lowest BCUT2D eigenvalue weighted by molar-refractivity contribution is -0.0544. The van der Waals surface area contributed by atoms with Crippen molar-refractivity contribution in [2.45, 2.75) is 13.2 Å². The van der Waals surface area contributed by atoms with Crippen molar-refractivity contribution in [1.29, 1.82) is 0 Å². The van der Waals surface area contributed by atoms with Gasteiger partial charge in [-0.2, -0.15) is 17.6 Å². The molecule has 0 aliphatic rings. The quantitative estimate of drug-likeness (QED) is 0.315. The highest BCUT2D eigenvalue weighted by Gasteiger charge is 2.17. The molecule has 0 saturated carbocycles. The van der Waals surface area contributed by atoms with E-state index in [0.29, 0.717) is 5.56 Å². The largest absolute Gasteiger partial charge is 0.435 e. The van der Waals surface area contributed by atoms with E-state index in [4.69, 9.17) is 23.2 Å². The monoisotopic (exact) mass is 408 g/mol. The van der Waals surface area contributed by atoms with E-state index < -0.39 is 30.5 Å². The highest BCUT2D eigenvalue weighted by atomic mass is 35.5. The van der Waals surface area contributed by atoms with Gasteiger partial charge < -0.3 is 9.47 Å². The third kappa shape index (κ3) is 5.37. The Bertz CT molecular complexity index is 805. The molecule has 0 bridgehead atoms. The van der Waals surface area contributed by atoms with Crippen LogP contribution < -0.4 is 9.47 Å². The number of hydrogen-bond acceptors (Lipinski definition) is 3. The first-order valence-electron chi connectivity index (χ1n) is 6.98. The predicted octanol–water partition coefficient (Wildman–Crippen LogP) is 6.09. The van der Waals surface area contributed by atoms with E-state index in [-0.39, 0.29) is 15.6 Å². The van der Waals surface area contributed by atoms with Gasteiger partial charge in [-0.1, -0.05) is 29.3 Å². The van der Waals surface area contributed by atoms with Gasteiger partial charge in [-0.3, -0.25) is 4.79 Å². The first kappa shape index (κ1) is 20.1. The zero-order chi connectivity index (χ0) is 19.3. The predicted molar refractivity (Wildman–Crippen MR) is 89.5 cm³/mol. The van der Waals surface area contributed by atoms with E-state index in [1.165, 1.54) is 6.08 Å². The number of ether oxygens (including phenoxy) is 2. The fraction of sp³-hybridized carbons (Fsp3) is 0.118. The van der Waals surface area contributed by atoms with E-state index >= 15 is 0 Å². The molecule has 0 spiro atoms. The molecular weight excluding hydrogens is 399 g/mol. The minimum absolute atomic E-state index is 0.272. The smallest absolute Gasteiger partial charge is 0.387 e. The minimum atomic E-state index is -3.26. The van der Waals surface area contributed by atoms with Gasteiger partial charge in [0.1, 0.15) is 11.5 Å². The third-order valence-corrected chi connectivity index (χ3v) is 3.72. The minimum Gasteiger partial charge on any atom is -0.435 e. The van der Waals surface area contributed by atoms with Gasteiger partial charge in [0.2, 0.25) is 0 Å². The maximum atomic E-state index is 12.5. The van der Waals surface area contributed by atoms with E-state index in [1.54, 1.807) is 18.2 Å². The van der Waals surface area contributed by atoms with Crippen molar-refractivity contribution in [2.75, 3.05) is 0 Å². The summed E-state index contributed by atoms with van der Waals surface area (Å²) in [5.74, 6) is -1.75. The maximum Gasteiger partial charge on any atom is 0.387 e. The summed E-state index contributed by atoms with van der Waals surface area (Å²) in [5.41, 5.74) is 0.0875. The van der Waals surface area contributed by atoms with Gasteiger partial charge >= 0.3 is 13.2 Å². The fourth-order valence-corrected chi connectivity index (χ4v) is 2.52. The fourth-order valence-electron chi connectivity index (χ4n) is 1.99. The van der Waals surface area contributed by atoms with Crippen LogP contribution in [0.2, 0.25) is 10.0 Å². The Hall–Kier alpha value is -2.25. The molecule has 0 amide bonds. The number of benzene rings is 2. The molecule has 0 aliphatic heterocycles. The Balaban J connectivity index is 2.33. The van der Waals surface area contributed by atoms with Crippen LogP contribution in [-0.2, 0) is 0 Å². The van der Waals surface area contributed by atoms with Gasteiger partial charge in [0.05, 0.1) is 5.56 Å². The average Bonchev–Trinajstić information content (AvgIpc) is 2.53. The summed E-state index contributed by atoms with van der Waals surface area (Å²) in [6, 6.07) is 7.57. The molecule has 9 heteroatoms. The van der Waals surface area contributed by atoms with Crippen molar-refractivity contribution in [3.05, 3.63) is 63.6 Å². The second-order valence-electron chi connectivity index (χ2n) is 4.75. The van der Waals surface area contributed by atoms with E-state index in [2.05, 4.69) is 9.47 Å². The lowest BCUT2D eigenvalue weighted by Gasteiger charge is -2.11. The molecule has 0 fully saturated rings. The Labute approximate surface area is 155 Å². The van der Waals surface area contributed by atoms with Crippen LogP contribution >= 0.6 is 23.2 Å². The van der Waals surface area contributed by atoms with Crippen LogP contribution in [0, 0.1) is 0 Å². The molecule has 0 N–H and O–H groups in total. The van der Waals surface area contributed by atoms with Crippen LogP contribution in [0.25, 0.3) is 6.08 Å². The van der Waals surface area contributed by atoms with Crippen LogP contribution in [0.15, 0.2) is 42.5 Å². The molecule has 3 nitrogen and oxygen atoms in total. The lowest BCUT2D eigenvalue weighted by Crippen LogP contribution is -2.08. The molecule has 26 heavy (non-hydrogen) atoms. The summed E-state index contributed by atoms with van der Waals surface area (Å²) in [7, 11) is 0. The lowest BCUT2D eigenvalue weighted by atomic mass is 10.1. The van der Waals surface area contributed by atoms with Gasteiger partial charge in [-0.15, -0.1) is 0 Å². The number of alkyl halides is 4. The summed E-state index contributed by atoms with van der Waals surface area (Å²) in [6.07, 6.45) is 2.36. The standard InChI is InChI=1S/C17H10Cl2F4O3/c18-12-2-1-3-13(19)10(12)6-7-14(24)11-5-4-9(25-16(20)21)8-15(11)26-17(22)23/h1-8,16-17H/b7-6+. The van der Waals surface area contributed by atoms with Gasteiger partial charge in [-0.25, -0.2) is 0 Å². The van der Waals surface area contributed by atoms with Crippen LogP contribution in [0.5, 0.6) is 11.5 Å². The summed E-state index contributed by atoms with van der Waals surface area (Å²) in [4.78, 5) is 12.3. The third-order valence-electron chi connectivity index (χ3n) is 3.06. The molecule has 0 heterocycles. The highest BCUT2D eigenvalue weighted by Crippen LogP contribution is 2.29. The van der Waals surface area contributed by atoms with Crippen LogP contribution in [-0.4, -0.2) is 19.0 Å². The number of carbonyl (C=O) groups excluding carboxylic acids is 1. The first-order chi connectivity index (χ1) is 12.3. The van der Waals surface area contributed by atoms with Crippen LogP contribution in [0.3, 0.4) is 0 Å². The molecule has 0 atom stereocenters. The van der Waals surface area contributed by atoms with Crippen LogP contribution in [0.1, 0.15) is 15.9 Å². The number of hydrogen-bond donors (Lipinski definition) is 0. The summed E-state index contributed by atoms with van der Waals surface area (Å²) < 4.78 is 57.9. The molecule has 0 unspecified atom stereocenters. The zero-order valence-corrected chi connectivity index (χ0v) is 14.3. The molecule has 2 rings (SSSR count). The Kier molecular flexibility index (Phi) is 6.88. The van der Waals surface area contributed by atoms with E-state index in [9.17, 15) is 22.4 Å². The van der Waals surface area contributed by atoms with Gasteiger partial charge in [0.15, 0.2) is 5.78 Å². The second-order valence-corrected chi connectivity index (χ2v) is 5.56. The van der Waals surface area contributed by atoms with Gasteiger partial charge in [0.25, 0.3) is 0 Å². The van der Waals surface area contributed by atoms with Crippen LogP contribution in [0.4, 0.5) is 17.6 Å². The number of carbonyl (C=O) groups is 1. The van der Waals surface area contributed by atoms with Crippen molar-refractivity contribution in [3.8, 4) is 11.5 Å². The van der Waals surface area contributed by atoms with Crippen molar-refractivity contribution < 1.29 is 31.8 Å². The normalized spacial score (nSPS) is 11.4. The summed E-state index contributed by atoms with van der Waals surface area (Å²) >= 11 is 11.9. The number of halogens is 6. The number of allylic oxidation sites excluding steroid dienone is 1. The van der Waals surface area contributed by atoms with E-state index in [1.807, 2.05) is 0 Å². The molecule has 0 aliphatic carbocycles. The Morgan fingerprint density at radius 1 is 0.962 bits per heavy atom. The van der Waals surface area contributed by atoms with Crippen molar-refractivity contribution in [1.82, 2.24) is 0 Å². The first-order valence-corrected chi connectivity index (χ1v) is 7.73. The van der Waals surface area contributed by atoms with Gasteiger partial charge in [0, 0.05) is 21.7 Å².